The maximum atomic E-state index is 13.7. The molecule has 0 amide bonds. The lowest BCUT2D eigenvalue weighted by Crippen LogP contribution is -2.08. The first-order chi connectivity index (χ1) is 11.9. The minimum absolute atomic E-state index is 0.0100. The van der Waals surface area contributed by atoms with Crippen molar-refractivity contribution < 1.29 is 23.4 Å². The molecule has 2 aromatic heterocycles. The van der Waals surface area contributed by atoms with Crippen LogP contribution in [0, 0.1) is 11.9 Å². The van der Waals surface area contributed by atoms with Gasteiger partial charge in [-0.25, -0.2) is 9.97 Å². The van der Waals surface area contributed by atoms with Gasteiger partial charge in [-0.05, 0) is 31.5 Å². The van der Waals surface area contributed by atoms with E-state index in [2.05, 4.69) is 25.9 Å². The standard InChI is InChI=1S/C17H19BrF2N2O3/c1-3-24-14-7-12(9-22-16(14)19)13(23)4-5-25-15-6-11(10(2)18)8-21-17(15)20/h6-10,13,23H,3-5H2,1-2H3. The molecular formula is C17H19BrF2N2O3. The lowest BCUT2D eigenvalue weighted by molar-refractivity contribution is 0.138. The summed E-state index contributed by atoms with van der Waals surface area (Å²) in [6.07, 6.45) is 1.89. The molecule has 0 radical (unpaired) electrons. The summed E-state index contributed by atoms with van der Waals surface area (Å²) in [5, 5.41) is 10.2. The fraction of sp³-hybridized carbons (Fsp3) is 0.412. The minimum Gasteiger partial charge on any atom is -0.489 e. The van der Waals surface area contributed by atoms with Gasteiger partial charge in [-0.3, -0.25) is 0 Å². The molecule has 0 bridgehead atoms. The first-order valence-electron chi connectivity index (χ1n) is 7.81. The Hall–Kier alpha value is -1.80. The number of aliphatic hydroxyl groups is 1. The van der Waals surface area contributed by atoms with Crippen molar-refractivity contribution in [1.82, 2.24) is 9.97 Å². The molecule has 0 spiro atoms. The number of hydrogen-bond donors (Lipinski definition) is 1. The van der Waals surface area contributed by atoms with Crippen LogP contribution >= 0.6 is 15.9 Å². The molecule has 25 heavy (non-hydrogen) atoms. The van der Waals surface area contributed by atoms with Crippen LogP contribution in [0.1, 0.15) is 42.3 Å². The molecule has 2 aromatic rings. The van der Waals surface area contributed by atoms with Crippen molar-refractivity contribution in [1.29, 1.82) is 0 Å². The SMILES string of the molecule is CCOc1cc(C(O)CCOc2cc(C(C)Br)cnc2F)cnc1F. The lowest BCUT2D eigenvalue weighted by atomic mass is 10.1. The van der Waals surface area contributed by atoms with E-state index >= 15 is 0 Å². The Morgan fingerprint density at radius 3 is 2.24 bits per heavy atom. The summed E-state index contributed by atoms with van der Waals surface area (Å²) in [7, 11) is 0. The third-order valence-corrected chi connectivity index (χ3v) is 3.98. The third kappa shape index (κ3) is 5.34. The molecule has 2 unspecified atom stereocenters. The number of halogens is 3. The molecule has 0 saturated carbocycles. The second-order valence-corrected chi connectivity index (χ2v) is 6.69. The molecule has 0 saturated heterocycles. The zero-order valence-corrected chi connectivity index (χ0v) is 15.5. The summed E-state index contributed by atoms with van der Waals surface area (Å²) in [6.45, 7) is 3.96. The van der Waals surface area contributed by atoms with Gasteiger partial charge in [-0.1, -0.05) is 15.9 Å². The van der Waals surface area contributed by atoms with E-state index in [1.54, 1.807) is 13.0 Å². The van der Waals surface area contributed by atoms with Crippen molar-refractivity contribution in [3.8, 4) is 11.5 Å². The third-order valence-electron chi connectivity index (χ3n) is 3.45. The Bertz CT molecular complexity index is 716. The Kier molecular flexibility index (Phi) is 7.07. The van der Waals surface area contributed by atoms with Crippen molar-refractivity contribution in [2.45, 2.75) is 31.2 Å². The van der Waals surface area contributed by atoms with Gasteiger partial charge in [0, 0.05) is 29.2 Å². The first kappa shape index (κ1) is 19.5. The van der Waals surface area contributed by atoms with Gasteiger partial charge in [0.15, 0.2) is 11.5 Å². The average Bonchev–Trinajstić information content (AvgIpc) is 2.58. The fourth-order valence-corrected chi connectivity index (χ4v) is 2.34. The van der Waals surface area contributed by atoms with Crippen molar-refractivity contribution in [3.63, 3.8) is 0 Å². The molecule has 2 rings (SSSR count). The van der Waals surface area contributed by atoms with Crippen LogP contribution in [0.25, 0.3) is 0 Å². The van der Waals surface area contributed by atoms with Gasteiger partial charge in [-0.15, -0.1) is 0 Å². The highest BCUT2D eigenvalue weighted by atomic mass is 79.9. The summed E-state index contributed by atoms with van der Waals surface area (Å²) >= 11 is 3.38. The Morgan fingerprint density at radius 1 is 1.08 bits per heavy atom. The van der Waals surface area contributed by atoms with Gasteiger partial charge in [0.25, 0.3) is 11.9 Å². The average molecular weight is 417 g/mol. The molecule has 2 heterocycles. The van der Waals surface area contributed by atoms with E-state index < -0.39 is 18.0 Å². The van der Waals surface area contributed by atoms with Gasteiger partial charge in [0.2, 0.25) is 0 Å². The van der Waals surface area contributed by atoms with E-state index in [-0.39, 0.29) is 36.0 Å². The second kappa shape index (κ2) is 9.05. The van der Waals surface area contributed by atoms with Gasteiger partial charge in [0.05, 0.1) is 19.3 Å². The summed E-state index contributed by atoms with van der Waals surface area (Å²) in [6, 6.07) is 2.95. The molecule has 136 valence electrons. The number of pyridine rings is 2. The van der Waals surface area contributed by atoms with Gasteiger partial charge in [0.1, 0.15) is 0 Å². The molecule has 0 aromatic carbocycles. The van der Waals surface area contributed by atoms with Crippen LogP contribution in [-0.2, 0) is 0 Å². The van der Waals surface area contributed by atoms with Crippen LogP contribution in [-0.4, -0.2) is 28.3 Å². The smallest absolute Gasteiger partial charge is 0.255 e. The van der Waals surface area contributed by atoms with Crippen LogP contribution < -0.4 is 9.47 Å². The minimum atomic E-state index is -0.943. The molecule has 5 nitrogen and oxygen atoms in total. The predicted octanol–water partition coefficient (Wildman–Crippen LogP) is 4.11. The van der Waals surface area contributed by atoms with Crippen molar-refractivity contribution in [2.24, 2.45) is 0 Å². The Morgan fingerprint density at radius 2 is 1.64 bits per heavy atom. The fourth-order valence-electron chi connectivity index (χ4n) is 2.09. The largest absolute Gasteiger partial charge is 0.489 e. The monoisotopic (exact) mass is 416 g/mol. The number of aliphatic hydroxyl groups excluding tert-OH is 1. The summed E-state index contributed by atoms with van der Waals surface area (Å²) < 4.78 is 37.6. The van der Waals surface area contributed by atoms with E-state index in [9.17, 15) is 13.9 Å². The van der Waals surface area contributed by atoms with Crippen LogP contribution in [0.4, 0.5) is 8.78 Å². The van der Waals surface area contributed by atoms with Crippen molar-refractivity contribution in [3.05, 3.63) is 47.5 Å². The number of rotatable bonds is 8. The maximum Gasteiger partial charge on any atom is 0.255 e. The molecule has 8 heteroatoms. The lowest BCUT2D eigenvalue weighted by Gasteiger charge is -2.14. The van der Waals surface area contributed by atoms with E-state index in [1.165, 1.54) is 18.5 Å². The highest BCUT2D eigenvalue weighted by Crippen LogP contribution is 2.27. The quantitative estimate of drug-likeness (QED) is 0.518. The van der Waals surface area contributed by atoms with Crippen LogP contribution in [0.2, 0.25) is 0 Å². The van der Waals surface area contributed by atoms with Gasteiger partial charge in [-0.2, -0.15) is 8.78 Å². The number of nitrogens with zero attached hydrogens (tertiary/aromatic N) is 2. The first-order valence-corrected chi connectivity index (χ1v) is 8.72. The molecule has 0 aliphatic carbocycles. The maximum absolute atomic E-state index is 13.7. The summed E-state index contributed by atoms with van der Waals surface area (Å²) in [5.74, 6) is -1.45. The Labute approximate surface area is 153 Å². The topological polar surface area (TPSA) is 64.5 Å². The van der Waals surface area contributed by atoms with Crippen LogP contribution in [0.3, 0.4) is 0 Å². The molecule has 0 fully saturated rings. The predicted molar refractivity (Wildman–Crippen MR) is 92.0 cm³/mol. The van der Waals surface area contributed by atoms with Crippen molar-refractivity contribution >= 4 is 15.9 Å². The molecular weight excluding hydrogens is 398 g/mol. The van der Waals surface area contributed by atoms with E-state index in [0.717, 1.165) is 5.56 Å². The summed E-state index contributed by atoms with van der Waals surface area (Å²) in [4.78, 5) is 7.22. The number of aromatic nitrogens is 2. The number of ether oxygens (including phenoxy) is 2. The molecule has 0 aliphatic heterocycles. The number of hydrogen-bond acceptors (Lipinski definition) is 5. The van der Waals surface area contributed by atoms with Gasteiger partial charge < -0.3 is 14.6 Å². The highest BCUT2D eigenvalue weighted by Gasteiger charge is 2.14. The molecule has 0 aliphatic rings. The molecule has 2 atom stereocenters. The van der Waals surface area contributed by atoms with E-state index in [4.69, 9.17) is 9.47 Å². The second-order valence-electron chi connectivity index (χ2n) is 5.32. The Balaban J connectivity index is 1.98. The zero-order valence-electron chi connectivity index (χ0n) is 13.9. The van der Waals surface area contributed by atoms with Crippen LogP contribution in [0.5, 0.6) is 11.5 Å². The van der Waals surface area contributed by atoms with Crippen molar-refractivity contribution in [2.75, 3.05) is 13.2 Å². The number of alkyl halides is 1. The van der Waals surface area contributed by atoms with Gasteiger partial charge >= 0.3 is 0 Å². The van der Waals surface area contributed by atoms with Crippen LogP contribution in [0.15, 0.2) is 24.5 Å². The zero-order chi connectivity index (χ0) is 18.4. The highest BCUT2D eigenvalue weighted by molar-refractivity contribution is 9.09. The normalized spacial score (nSPS) is 13.4. The van der Waals surface area contributed by atoms with E-state index in [0.29, 0.717) is 5.56 Å². The summed E-state index contributed by atoms with van der Waals surface area (Å²) in [5.41, 5.74) is 1.18. The molecule has 1 N–H and O–H groups in total. The van der Waals surface area contributed by atoms with E-state index in [1.807, 2.05) is 6.92 Å².